The molecule has 1 aromatic rings. The number of hydrogen-bond acceptors (Lipinski definition) is 1. The molecule has 18 heavy (non-hydrogen) atoms. The van der Waals surface area contributed by atoms with Crippen molar-refractivity contribution in [3.63, 3.8) is 0 Å². The number of rotatable bonds is 5. The van der Waals surface area contributed by atoms with Gasteiger partial charge in [-0.25, -0.2) is 0 Å². The Morgan fingerprint density at radius 3 is 2.44 bits per heavy atom. The van der Waals surface area contributed by atoms with Gasteiger partial charge in [-0.2, -0.15) is 8.78 Å². The van der Waals surface area contributed by atoms with Crippen molar-refractivity contribution in [2.75, 3.05) is 6.54 Å². The van der Waals surface area contributed by atoms with E-state index in [9.17, 15) is 8.78 Å². The molecule has 1 atom stereocenters. The molecule has 0 radical (unpaired) electrons. The second-order valence-electron chi connectivity index (χ2n) is 5.28. The Hall–Kier alpha value is -0.960. The molecule has 0 aromatic heterocycles. The fourth-order valence-electron chi connectivity index (χ4n) is 2.70. The molecule has 3 heteroatoms. The van der Waals surface area contributed by atoms with Gasteiger partial charge >= 0.3 is 0 Å². The van der Waals surface area contributed by atoms with E-state index in [0.717, 1.165) is 0 Å². The zero-order valence-electron chi connectivity index (χ0n) is 10.8. The maximum absolute atomic E-state index is 13.9. The predicted molar refractivity (Wildman–Crippen MR) is 69.8 cm³/mol. The van der Waals surface area contributed by atoms with E-state index in [1.807, 2.05) is 6.92 Å². The molecule has 1 fully saturated rings. The Morgan fingerprint density at radius 1 is 1.22 bits per heavy atom. The van der Waals surface area contributed by atoms with Crippen molar-refractivity contribution in [1.29, 1.82) is 0 Å². The van der Waals surface area contributed by atoms with E-state index >= 15 is 0 Å². The summed E-state index contributed by atoms with van der Waals surface area (Å²) in [6.45, 7) is 1.76. The number of benzene rings is 1. The summed E-state index contributed by atoms with van der Waals surface area (Å²) in [6, 6.07) is 8.23. The first-order valence-electron chi connectivity index (χ1n) is 6.76. The summed E-state index contributed by atoms with van der Waals surface area (Å²) in [4.78, 5) is 0. The van der Waals surface area contributed by atoms with Crippen LogP contribution in [0.3, 0.4) is 0 Å². The first-order valence-corrected chi connectivity index (χ1v) is 6.76. The van der Waals surface area contributed by atoms with Crippen molar-refractivity contribution in [2.24, 2.45) is 5.92 Å². The lowest BCUT2D eigenvalue weighted by atomic mass is 9.99. The van der Waals surface area contributed by atoms with E-state index in [1.54, 1.807) is 18.2 Å². The molecule has 1 N–H and O–H groups in total. The van der Waals surface area contributed by atoms with Crippen LogP contribution in [0.4, 0.5) is 8.78 Å². The summed E-state index contributed by atoms with van der Waals surface area (Å²) >= 11 is 0. The van der Waals surface area contributed by atoms with Crippen molar-refractivity contribution in [1.82, 2.24) is 5.32 Å². The smallest absolute Gasteiger partial charge is 0.285 e. The molecular formula is C15H21F2N. The Labute approximate surface area is 108 Å². The molecular weight excluding hydrogens is 232 g/mol. The molecule has 1 aliphatic rings. The highest BCUT2D eigenvalue weighted by Crippen LogP contribution is 2.30. The number of alkyl halides is 2. The van der Waals surface area contributed by atoms with E-state index in [-0.39, 0.29) is 18.2 Å². The van der Waals surface area contributed by atoms with Gasteiger partial charge in [0.25, 0.3) is 5.92 Å². The highest BCUT2D eigenvalue weighted by molar-refractivity contribution is 5.20. The molecule has 1 unspecified atom stereocenters. The predicted octanol–water partition coefficient (Wildman–Crippen LogP) is 3.95. The molecule has 100 valence electrons. The summed E-state index contributed by atoms with van der Waals surface area (Å²) in [5, 5.41) is 3.01. The zero-order chi connectivity index (χ0) is 13.0. The molecule has 0 spiro atoms. The monoisotopic (exact) mass is 253 g/mol. The third-order valence-corrected chi connectivity index (χ3v) is 3.95. The van der Waals surface area contributed by atoms with Crippen LogP contribution < -0.4 is 5.32 Å². The average molecular weight is 253 g/mol. The fourth-order valence-corrected chi connectivity index (χ4v) is 2.70. The Bertz CT molecular complexity index is 358. The van der Waals surface area contributed by atoms with Gasteiger partial charge in [-0.1, -0.05) is 43.2 Å². The molecule has 0 amide bonds. The minimum absolute atomic E-state index is 0.0936. The van der Waals surface area contributed by atoms with Gasteiger partial charge in [0.15, 0.2) is 0 Å². The molecule has 0 bridgehead atoms. The van der Waals surface area contributed by atoms with Gasteiger partial charge < -0.3 is 5.32 Å². The molecule has 0 saturated heterocycles. The van der Waals surface area contributed by atoms with Crippen LogP contribution in [0, 0.1) is 5.92 Å². The van der Waals surface area contributed by atoms with Crippen molar-refractivity contribution >= 4 is 0 Å². The van der Waals surface area contributed by atoms with Crippen molar-refractivity contribution in [3.05, 3.63) is 35.9 Å². The lowest BCUT2D eigenvalue weighted by Gasteiger charge is -2.24. The SMILES string of the molecule is CC(NCC(F)(F)c1ccccc1)C1CCCC1. The maximum atomic E-state index is 13.9. The molecule has 2 rings (SSSR count). The van der Waals surface area contributed by atoms with Gasteiger partial charge in [-0.3, -0.25) is 0 Å². The average Bonchev–Trinajstić information content (AvgIpc) is 2.91. The molecule has 1 aromatic carbocycles. The van der Waals surface area contributed by atoms with Crippen LogP contribution in [0.15, 0.2) is 30.3 Å². The quantitative estimate of drug-likeness (QED) is 0.838. The van der Waals surface area contributed by atoms with Crippen molar-refractivity contribution in [3.8, 4) is 0 Å². The van der Waals surface area contributed by atoms with Gasteiger partial charge in [0.05, 0.1) is 6.54 Å². The third kappa shape index (κ3) is 3.29. The zero-order valence-corrected chi connectivity index (χ0v) is 10.8. The lowest BCUT2D eigenvalue weighted by molar-refractivity contribution is -0.00685. The molecule has 1 saturated carbocycles. The Balaban J connectivity index is 1.88. The van der Waals surface area contributed by atoms with Crippen LogP contribution >= 0.6 is 0 Å². The second-order valence-corrected chi connectivity index (χ2v) is 5.28. The fraction of sp³-hybridized carbons (Fsp3) is 0.600. The van der Waals surface area contributed by atoms with Crippen LogP contribution in [0.1, 0.15) is 38.2 Å². The third-order valence-electron chi connectivity index (χ3n) is 3.95. The highest BCUT2D eigenvalue weighted by atomic mass is 19.3. The normalized spacial score (nSPS) is 19.1. The van der Waals surface area contributed by atoms with Gasteiger partial charge in [0.2, 0.25) is 0 Å². The van der Waals surface area contributed by atoms with Crippen LogP contribution in [0.2, 0.25) is 0 Å². The summed E-state index contributed by atoms with van der Waals surface area (Å²) in [5.74, 6) is -2.22. The highest BCUT2D eigenvalue weighted by Gasteiger charge is 2.32. The van der Waals surface area contributed by atoms with Crippen molar-refractivity contribution in [2.45, 2.75) is 44.6 Å². The van der Waals surface area contributed by atoms with Crippen LogP contribution in [0.5, 0.6) is 0 Å². The first-order chi connectivity index (χ1) is 8.59. The number of nitrogens with one attached hydrogen (secondary N) is 1. The largest absolute Gasteiger partial charge is 0.308 e. The molecule has 0 heterocycles. The van der Waals surface area contributed by atoms with Gasteiger partial charge in [-0.15, -0.1) is 0 Å². The van der Waals surface area contributed by atoms with Gasteiger partial charge in [-0.05, 0) is 25.7 Å². The first kappa shape index (κ1) is 13.5. The van der Waals surface area contributed by atoms with Gasteiger partial charge in [0.1, 0.15) is 0 Å². The molecule has 0 aliphatic heterocycles. The molecule has 1 nitrogen and oxygen atoms in total. The maximum Gasteiger partial charge on any atom is 0.285 e. The van der Waals surface area contributed by atoms with Crippen molar-refractivity contribution < 1.29 is 8.78 Å². The van der Waals surface area contributed by atoms with Crippen LogP contribution in [-0.2, 0) is 5.92 Å². The van der Waals surface area contributed by atoms with Crippen LogP contribution in [-0.4, -0.2) is 12.6 Å². The van der Waals surface area contributed by atoms with Gasteiger partial charge in [0, 0.05) is 11.6 Å². The standard InChI is InChI=1S/C15H21F2N/c1-12(13-7-5-6-8-13)18-11-15(16,17)14-9-3-2-4-10-14/h2-4,9-10,12-13,18H,5-8,11H2,1H3. The minimum atomic E-state index is -2.78. The minimum Gasteiger partial charge on any atom is -0.308 e. The van der Waals surface area contributed by atoms with E-state index < -0.39 is 5.92 Å². The lowest BCUT2D eigenvalue weighted by Crippen LogP contribution is -2.39. The van der Waals surface area contributed by atoms with Crippen LogP contribution in [0.25, 0.3) is 0 Å². The van der Waals surface area contributed by atoms with E-state index in [1.165, 1.54) is 37.8 Å². The van der Waals surface area contributed by atoms with E-state index in [0.29, 0.717) is 5.92 Å². The molecule has 1 aliphatic carbocycles. The summed E-state index contributed by atoms with van der Waals surface area (Å²) in [7, 11) is 0. The topological polar surface area (TPSA) is 12.0 Å². The Morgan fingerprint density at radius 2 is 1.83 bits per heavy atom. The number of halogens is 2. The summed E-state index contributed by atoms with van der Waals surface area (Å²) < 4.78 is 27.9. The Kier molecular flexibility index (Phi) is 4.33. The number of hydrogen-bond donors (Lipinski definition) is 1. The summed E-state index contributed by atoms with van der Waals surface area (Å²) in [5.41, 5.74) is 0.0936. The van der Waals surface area contributed by atoms with E-state index in [4.69, 9.17) is 0 Å². The summed E-state index contributed by atoms with van der Waals surface area (Å²) in [6.07, 6.45) is 4.83. The van der Waals surface area contributed by atoms with E-state index in [2.05, 4.69) is 5.32 Å². The second kappa shape index (κ2) is 5.79.